The van der Waals surface area contributed by atoms with Crippen molar-refractivity contribution in [3.63, 3.8) is 0 Å². The fraction of sp³-hybridized carbons (Fsp3) is 0.364. The van der Waals surface area contributed by atoms with E-state index < -0.39 is 0 Å². The summed E-state index contributed by atoms with van der Waals surface area (Å²) < 4.78 is 5.14. The summed E-state index contributed by atoms with van der Waals surface area (Å²) >= 11 is 0. The molecular weight excluding hydrogens is 194 g/mol. The summed E-state index contributed by atoms with van der Waals surface area (Å²) in [4.78, 5) is 3.90. The minimum atomic E-state index is -0.243. The fourth-order valence-corrected chi connectivity index (χ4v) is 0.907. The van der Waals surface area contributed by atoms with Crippen LogP contribution < -0.4 is 0 Å². The van der Waals surface area contributed by atoms with Gasteiger partial charge in [0.05, 0.1) is 19.4 Å². The molecule has 0 saturated carbocycles. The summed E-state index contributed by atoms with van der Waals surface area (Å²) in [5, 5.41) is 17.5. The third-order valence-corrected chi connectivity index (χ3v) is 1.61. The van der Waals surface area contributed by atoms with Crippen molar-refractivity contribution in [2.24, 2.45) is 0 Å². The van der Waals surface area contributed by atoms with Crippen molar-refractivity contribution >= 4 is 0 Å². The van der Waals surface area contributed by atoms with Gasteiger partial charge in [-0.2, -0.15) is 0 Å². The van der Waals surface area contributed by atoms with E-state index in [4.69, 9.17) is 14.9 Å². The summed E-state index contributed by atoms with van der Waals surface area (Å²) in [7, 11) is 0. The fourth-order valence-electron chi connectivity index (χ4n) is 0.907. The molecule has 1 unspecified atom stereocenters. The highest BCUT2D eigenvalue weighted by Gasteiger charge is 1.95. The first-order valence-electron chi connectivity index (χ1n) is 4.61. The van der Waals surface area contributed by atoms with Crippen molar-refractivity contribution in [2.75, 3.05) is 13.2 Å². The molecule has 1 rings (SSSR count). The van der Waals surface area contributed by atoms with Crippen molar-refractivity contribution in [1.29, 1.82) is 0 Å². The summed E-state index contributed by atoms with van der Waals surface area (Å²) in [6, 6.07) is 3.15. The SMILES string of the molecule is CC(C#Cc1ccc(O)cn1)OCCO. The highest BCUT2D eigenvalue weighted by atomic mass is 16.5. The Morgan fingerprint density at radius 3 is 2.93 bits per heavy atom. The number of pyridine rings is 1. The highest BCUT2D eigenvalue weighted by Crippen LogP contribution is 2.04. The molecule has 0 spiro atoms. The standard InChI is InChI=1S/C11H13NO3/c1-9(15-7-6-13)2-3-10-4-5-11(14)8-12-10/h4-5,8-9,13-14H,6-7H2,1H3. The molecule has 0 fully saturated rings. The molecule has 0 radical (unpaired) electrons. The summed E-state index contributed by atoms with van der Waals surface area (Å²) in [6.45, 7) is 2.06. The van der Waals surface area contributed by atoms with Crippen molar-refractivity contribution in [3.8, 4) is 17.6 Å². The molecule has 1 heterocycles. The number of aliphatic hydroxyl groups excluding tert-OH is 1. The lowest BCUT2D eigenvalue weighted by Crippen LogP contribution is -2.08. The Kier molecular flexibility index (Phi) is 4.61. The van der Waals surface area contributed by atoms with Gasteiger partial charge in [0.15, 0.2) is 0 Å². The first kappa shape index (κ1) is 11.5. The second-order valence-corrected chi connectivity index (χ2v) is 2.91. The van der Waals surface area contributed by atoms with Crippen LogP contribution in [0, 0.1) is 11.8 Å². The Labute approximate surface area is 88.5 Å². The Hall–Kier alpha value is -1.57. The lowest BCUT2D eigenvalue weighted by Gasteiger charge is -2.03. The number of hydrogen-bond acceptors (Lipinski definition) is 4. The molecule has 80 valence electrons. The van der Waals surface area contributed by atoms with Gasteiger partial charge in [-0.05, 0) is 25.0 Å². The second-order valence-electron chi connectivity index (χ2n) is 2.91. The van der Waals surface area contributed by atoms with Crippen LogP contribution in [0.2, 0.25) is 0 Å². The zero-order valence-corrected chi connectivity index (χ0v) is 8.47. The van der Waals surface area contributed by atoms with Crippen LogP contribution in [-0.4, -0.2) is 34.5 Å². The summed E-state index contributed by atoms with van der Waals surface area (Å²) in [5.74, 6) is 5.74. The number of ether oxygens (including phenoxy) is 1. The van der Waals surface area contributed by atoms with Crippen LogP contribution >= 0.6 is 0 Å². The molecule has 0 amide bonds. The van der Waals surface area contributed by atoms with E-state index in [1.165, 1.54) is 12.3 Å². The molecule has 1 aromatic rings. The van der Waals surface area contributed by atoms with E-state index in [1.807, 2.05) is 0 Å². The van der Waals surface area contributed by atoms with Gasteiger partial charge in [0, 0.05) is 0 Å². The van der Waals surface area contributed by atoms with Crippen LogP contribution in [0.4, 0.5) is 0 Å². The topological polar surface area (TPSA) is 62.6 Å². The predicted octanol–water partition coefficient (Wildman–Crippen LogP) is 0.536. The number of aromatic nitrogens is 1. The monoisotopic (exact) mass is 207 g/mol. The lowest BCUT2D eigenvalue weighted by molar-refractivity contribution is 0.0688. The molecule has 0 saturated heterocycles. The molecule has 0 aliphatic rings. The Bertz CT molecular complexity index is 350. The van der Waals surface area contributed by atoms with E-state index in [2.05, 4.69) is 16.8 Å². The van der Waals surface area contributed by atoms with Gasteiger partial charge in [0.2, 0.25) is 0 Å². The molecule has 0 aliphatic heterocycles. The van der Waals surface area contributed by atoms with Crippen molar-refractivity contribution in [3.05, 3.63) is 24.0 Å². The van der Waals surface area contributed by atoms with Crippen LogP contribution in [0.3, 0.4) is 0 Å². The van der Waals surface area contributed by atoms with Crippen molar-refractivity contribution in [2.45, 2.75) is 13.0 Å². The van der Waals surface area contributed by atoms with Gasteiger partial charge in [-0.1, -0.05) is 5.92 Å². The van der Waals surface area contributed by atoms with Crippen LogP contribution in [0.5, 0.6) is 5.75 Å². The minimum Gasteiger partial charge on any atom is -0.506 e. The second kappa shape index (κ2) is 6.02. The van der Waals surface area contributed by atoms with Gasteiger partial charge < -0.3 is 14.9 Å². The summed E-state index contributed by atoms with van der Waals surface area (Å²) in [6.07, 6.45) is 1.09. The van der Waals surface area contributed by atoms with E-state index >= 15 is 0 Å². The molecular formula is C11H13NO3. The molecule has 0 bridgehead atoms. The van der Waals surface area contributed by atoms with Gasteiger partial charge in [-0.25, -0.2) is 4.98 Å². The van der Waals surface area contributed by atoms with E-state index in [9.17, 15) is 0 Å². The zero-order chi connectivity index (χ0) is 11.1. The van der Waals surface area contributed by atoms with Crippen LogP contribution in [0.1, 0.15) is 12.6 Å². The van der Waals surface area contributed by atoms with Gasteiger partial charge >= 0.3 is 0 Å². The van der Waals surface area contributed by atoms with Crippen LogP contribution in [0.15, 0.2) is 18.3 Å². The zero-order valence-electron chi connectivity index (χ0n) is 8.47. The largest absolute Gasteiger partial charge is 0.506 e. The van der Waals surface area contributed by atoms with E-state index in [0.29, 0.717) is 5.69 Å². The third kappa shape index (κ3) is 4.45. The normalized spacial score (nSPS) is 11.6. The van der Waals surface area contributed by atoms with E-state index in [-0.39, 0.29) is 25.1 Å². The maximum Gasteiger partial charge on any atom is 0.133 e. The molecule has 0 aromatic carbocycles. The van der Waals surface area contributed by atoms with E-state index in [0.717, 1.165) is 0 Å². The Balaban J connectivity index is 2.53. The number of hydrogen-bond donors (Lipinski definition) is 2. The van der Waals surface area contributed by atoms with Gasteiger partial charge in [-0.15, -0.1) is 0 Å². The van der Waals surface area contributed by atoms with Crippen molar-refractivity contribution < 1.29 is 14.9 Å². The molecule has 1 atom stereocenters. The molecule has 4 nitrogen and oxygen atoms in total. The number of rotatable bonds is 3. The number of aliphatic hydroxyl groups is 1. The van der Waals surface area contributed by atoms with Crippen molar-refractivity contribution in [1.82, 2.24) is 4.98 Å². The Morgan fingerprint density at radius 2 is 2.33 bits per heavy atom. The van der Waals surface area contributed by atoms with Crippen LogP contribution in [-0.2, 0) is 4.74 Å². The maximum atomic E-state index is 8.99. The predicted molar refractivity (Wildman–Crippen MR) is 55.3 cm³/mol. The van der Waals surface area contributed by atoms with E-state index in [1.54, 1.807) is 13.0 Å². The minimum absolute atomic E-state index is 0.0104. The molecule has 4 heteroatoms. The Morgan fingerprint density at radius 1 is 1.53 bits per heavy atom. The summed E-state index contributed by atoms with van der Waals surface area (Å²) in [5.41, 5.74) is 0.576. The molecule has 1 aromatic heterocycles. The maximum absolute atomic E-state index is 8.99. The van der Waals surface area contributed by atoms with Gasteiger partial charge in [-0.3, -0.25) is 0 Å². The quantitative estimate of drug-likeness (QED) is 0.710. The van der Waals surface area contributed by atoms with Gasteiger partial charge in [0.25, 0.3) is 0 Å². The number of nitrogens with zero attached hydrogens (tertiary/aromatic N) is 1. The first-order chi connectivity index (χ1) is 7.22. The first-order valence-corrected chi connectivity index (χ1v) is 4.61. The lowest BCUT2D eigenvalue weighted by atomic mass is 10.3. The van der Waals surface area contributed by atoms with Gasteiger partial charge in [0.1, 0.15) is 17.5 Å². The highest BCUT2D eigenvalue weighted by molar-refractivity contribution is 5.31. The number of aromatic hydroxyl groups is 1. The molecule has 0 aliphatic carbocycles. The third-order valence-electron chi connectivity index (χ3n) is 1.61. The molecule has 2 N–H and O–H groups in total. The van der Waals surface area contributed by atoms with Crippen LogP contribution in [0.25, 0.3) is 0 Å². The average Bonchev–Trinajstić information content (AvgIpc) is 2.25. The smallest absolute Gasteiger partial charge is 0.133 e. The average molecular weight is 207 g/mol. The molecule has 15 heavy (non-hydrogen) atoms.